The fourth-order valence-corrected chi connectivity index (χ4v) is 2.79. The Kier molecular flexibility index (Phi) is 7.01. The van der Waals surface area contributed by atoms with Gasteiger partial charge in [0, 0.05) is 12.6 Å². The molecule has 0 bridgehead atoms. The van der Waals surface area contributed by atoms with Crippen molar-refractivity contribution in [1.29, 1.82) is 0 Å². The molecule has 0 amide bonds. The summed E-state index contributed by atoms with van der Waals surface area (Å²) in [6, 6.07) is 8.95. The number of hydrogen-bond donors (Lipinski definition) is 2. The van der Waals surface area contributed by atoms with Crippen LogP contribution in [-0.2, 0) is 21.2 Å². The van der Waals surface area contributed by atoms with Crippen LogP contribution in [0.1, 0.15) is 12.5 Å². The molecule has 1 atom stereocenters. The van der Waals surface area contributed by atoms with E-state index in [9.17, 15) is 13.5 Å². The van der Waals surface area contributed by atoms with Crippen molar-refractivity contribution in [2.24, 2.45) is 0 Å². The van der Waals surface area contributed by atoms with Crippen molar-refractivity contribution in [2.45, 2.75) is 19.4 Å². The van der Waals surface area contributed by atoms with Crippen molar-refractivity contribution in [3.8, 4) is 0 Å². The SMILES string of the molecule is CCOCCS(=O)(=O)N[C@@H](CO)Cc1ccccc1. The first kappa shape index (κ1) is 16.1. The lowest BCUT2D eigenvalue weighted by molar-refractivity contribution is 0.163. The lowest BCUT2D eigenvalue weighted by Gasteiger charge is -2.16. The van der Waals surface area contributed by atoms with Gasteiger partial charge in [-0.1, -0.05) is 30.3 Å². The summed E-state index contributed by atoms with van der Waals surface area (Å²) in [5, 5.41) is 9.26. The van der Waals surface area contributed by atoms with Gasteiger partial charge in [0.05, 0.1) is 19.0 Å². The highest BCUT2D eigenvalue weighted by Crippen LogP contribution is 2.04. The molecule has 2 N–H and O–H groups in total. The Bertz CT molecular complexity index is 447. The third-order valence-electron chi connectivity index (χ3n) is 2.59. The van der Waals surface area contributed by atoms with E-state index in [2.05, 4.69) is 4.72 Å². The van der Waals surface area contributed by atoms with Gasteiger partial charge >= 0.3 is 0 Å². The molecule has 5 nitrogen and oxygen atoms in total. The molecule has 19 heavy (non-hydrogen) atoms. The van der Waals surface area contributed by atoms with Gasteiger partial charge < -0.3 is 9.84 Å². The zero-order valence-electron chi connectivity index (χ0n) is 11.1. The standard InChI is InChI=1S/C13H21NO4S/c1-2-18-8-9-19(16,17)14-13(11-15)10-12-6-4-3-5-7-12/h3-7,13-15H,2,8-11H2,1H3/t13-/m1/s1. The van der Waals surface area contributed by atoms with Gasteiger partial charge in [-0.25, -0.2) is 13.1 Å². The highest BCUT2D eigenvalue weighted by Gasteiger charge is 2.17. The zero-order chi connectivity index (χ0) is 14.1. The highest BCUT2D eigenvalue weighted by atomic mass is 32.2. The fourth-order valence-electron chi connectivity index (χ4n) is 1.67. The number of aliphatic hydroxyl groups is 1. The third kappa shape index (κ3) is 6.68. The van der Waals surface area contributed by atoms with Gasteiger partial charge in [-0.3, -0.25) is 0 Å². The molecule has 0 unspecified atom stereocenters. The highest BCUT2D eigenvalue weighted by molar-refractivity contribution is 7.89. The van der Waals surface area contributed by atoms with Crippen molar-refractivity contribution in [3.05, 3.63) is 35.9 Å². The number of benzene rings is 1. The van der Waals surface area contributed by atoms with Gasteiger partial charge in [-0.15, -0.1) is 0 Å². The van der Waals surface area contributed by atoms with Gasteiger partial charge in [0.2, 0.25) is 10.0 Å². The Labute approximate surface area is 114 Å². The number of hydrogen-bond acceptors (Lipinski definition) is 4. The van der Waals surface area contributed by atoms with Crippen molar-refractivity contribution >= 4 is 10.0 Å². The lowest BCUT2D eigenvalue weighted by atomic mass is 10.1. The summed E-state index contributed by atoms with van der Waals surface area (Å²) >= 11 is 0. The number of ether oxygens (including phenoxy) is 1. The molecule has 0 aliphatic rings. The van der Waals surface area contributed by atoms with E-state index in [4.69, 9.17) is 4.74 Å². The average Bonchev–Trinajstić information content (AvgIpc) is 2.39. The molecule has 0 spiro atoms. The Morgan fingerprint density at radius 1 is 1.32 bits per heavy atom. The van der Waals surface area contributed by atoms with Crippen molar-refractivity contribution in [2.75, 3.05) is 25.6 Å². The van der Waals surface area contributed by atoms with Gasteiger partial charge in [0.25, 0.3) is 0 Å². The van der Waals surface area contributed by atoms with Gasteiger partial charge in [-0.2, -0.15) is 0 Å². The maximum atomic E-state index is 11.8. The van der Waals surface area contributed by atoms with Gasteiger partial charge in [0.1, 0.15) is 0 Å². The average molecular weight is 287 g/mol. The topological polar surface area (TPSA) is 75.6 Å². The molecular weight excluding hydrogens is 266 g/mol. The van der Waals surface area contributed by atoms with E-state index in [1.165, 1.54) is 0 Å². The van der Waals surface area contributed by atoms with Gasteiger partial charge in [0.15, 0.2) is 0 Å². The first-order valence-electron chi connectivity index (χ1n) is 6.30. The summed E-state index contributed by atoms with van der Waals surface area (Å²) in [6.07, 6.45) is 0.463. The molecule has 0 aliphatic heterocycles. The second kappa shape index (κ2) is 8.27. The first-order valence-corrected chi connectivity index (χ1v) is 7.95. The van der Waals surface area contributed by atoms with Crippen LogP contribution in [0.2, 0.25) is 0 Å². The van der Waals surface area contributed by atoms with E-state index in [0.717, 1.165) is 5.56 Å². The fraction of sp³-hybridized carbons (Fsp3) is 0.538. The molecule has 1 rings (SSSR count). The summed E-state index contributed by atoms with van der Waals surface area (Å²) in [5.41, 5.74) is 0.981. The van der Waals surface area contributed by atoms with E-state index < -0.39 is 16.1 Å². The summed E-state index contributed by atoms with van der Waals surface area (Å²) in [4.78, 5) is 0. The van der Waals surface area contributed by atoms with Crippen LogP contribution in [0, 0.1) is 0 Å². The maximum absolute atomic E-state index is 11.8. The minimum atomic E-state index is -3.42. The molecule has 0 aliphatic carbocycles. The van der Waals surface area contributed by atoms with Crippen LogP contribution < -0.4 is 4.72 Å². The molecule has 0 saturated heterocycles. The molecule has 108 valence electrons. The number of aliphatic hydroxyl groups excluding tert-OH is 1. The number of sulfonamides is 1. The van der Waals surface area contributed by atoms with Crippen molar-refractivity contribution in [3.63, 3.8) is 0 Å². The molecular formula is C13H21NO4S. The Morgan fingerprint density at radius 3 is 2.58 bits per heavy atom. The smallest absolute Gasteiger partial charge is 0.214 e. The Morgan fingerprint density at radius 2 is 2.00 bits per heavy atom. The first-order chi connectivity index (χ1) is 9.07. The quantitative estimate of drug-likeness (QED) is 0.650. The van der Waals surface area contributed by atoms with Crippen LogP contribution in [0.3, 0.4) is 0 Å². The van der Waals surface area contributed by atoms with Crippen molar-refractivity contribution < 1.29 is 18.3 Å². The second-order valence-electron chi connectivity index (χ2n) is 4.20. The van der Waals surface area contributed by atoms with E-state index >= 15 is 0 Å². The predicted octanol–water partition coefficient (Wildman–Crippen LogP) is 0.546. The second-order valence-corrected chi connectivity index (χ2v) is 6.08. The van der Waals surface area contributed by atoms with E-state index in [1.54, 1.807) is 0 Å². The summed E-state index contributed by atoms with van der Waals surface area (Å²) in [7, 11) is -3.42. The largest absolute Gasteiger partial charge is 0.395 e. The third-order valence-corrected chi connectivity index (χ3v) is 3.99. The van der Waals surface area contributed by atoms with Crippen LogP contribution in [0.4, 0.5) is 0 Å². The minimum Gasteiger partial charge on any atom is -0.395 e. The van der Waals surface area contributed by atoms with Crippen LogP contribution in [0.15, 0.2) is 30.3 Å². The normalized spacial score (nSPS) is 13.4. The summed E-state index contributed by atoms with van der Waals surface area (Å²) < 4.78 is 31.0. The lowest BCUT2D eigenvalue weighted by Crippen LogP contribution is -2.41. The monoisotopic (exact) mass is 287 g/mol. The number of rotatable bonds is 9. The molecule has 0 radical (unpaired) electrons. The Hall–Kier alpha value is -0.950. The van der Waals surface area contributed by atoms with E-state index in [1.807, 2.05) is 37.3 Å². The number of nitrogens with one attached hydrogen (secondary N) is 1. The minimum absolute atomic E-state index is 0.0911. The summed E-state index contributed by atoms with van der Waals surface area (Å²) in [5.74, 6) is -0.0911. The molecule has 1 aromatic carbocycles. The van der Waals surface area contributed by atoms with Crippen LogP contribution in [0.25, 0.3) is 0 Å². The van der Waals surface area contributed by atoms with E-state index in [-0.39, 0.29) is 19.0 Å². The molecule has 0 fully saturated rings. The molecule has 6 heteroatoms. The van der Waals surface area contributed by atoms with Crippen LogP contribution in [-0.4, -0.2) is 45.1 Å². The van der Waals surface area contributed by atoms with Crippen molar-refractivity contribution in [1.82, 2.24) is 4.72 Å². The molecule has 1 aromatic rings. The summed E-state index contributed by atoms with van der Waals surface area (Å²) in [6.45, 7) is 2.23. The molecule has 0 saturated carbocycles. The van der Waals surface area contributed by atoms with Gasteiger partial charge in [-0.05, 0) is 18.9 Å². The molecule has 0 heterocycles. The molecule has 0 aromatic heterocycles. The maximum Gasteiger partial charge on any atom is 0.214 e. The van der Waals surface area contributed by atoms with Crippen LogP contribution >= 0.6 is 0 Å². The Balaban J connectivity index is 2.52. The zero-order valence-corrected chi connectivity index (χ0v) is 11.9. The van der Waals surface area contributed by atoms with Crippen LogP contribution in [0.5, 0.6) is 0 Å². The predicted molar refractivity (Wildman–Crippen MR) is 74.4 cm³/mol. The van der Waals surface area contributed by atoms with E-state index in [0.29, 0.717) is 13.0 Å².